The van der Waals surface area contributed by atoms with Gasteiger partial charge in [0.15, 0.2) is 5.69 Å². The molecule has 1 rings (SSSR count). The summed E-state index contributed by atoms with van der Waals surface area (Å²) in [7, 11) is 0. The number of unbranched alkanes of at least 4 members (excludes halogenated alkanes) is 1. The zero-order valence-corrected chi connectivity index (χ0v) is 9.70. The molecule has 7 heteroatoms. The number of carboxylic acids is 1. The lowest BCUT2D eigenvalue weighted by Gasteiger charge is -2.09. The summed E-state index contributed by atoms with van der Waals surface area (Å²) in [6, 6.07) is 0. The van der Waals surface area contributed by atoms with Crippen LogP contribution in [-0.4, -0.2) is 49.0 Å². The van der Waals surface area contributed by atoms with E-state index in [1.807, 2.05) is 6.92 Å². The van der Waals surface area contributed by atoms with Gasteiger partial charge in [0.2, 0.25) is 0 Å². The van der Waals surface area contributed by atoms with Crippen molar-refractivity contribution < 1.29 is 20.1 Å². The Hall–Kier alpha value is -1.47. The van der Waals surface area contributed by atoms with Crippen LogP contribution in [0.2, 0.25) is 0 Å². The van der Waals surface area contributed by atoms with Crippen molar-refractivity contribution in [2.45, 2.75) is 38.8 Å². The number of hydrogen-bond donors (Lipinski definition) is 3. The van der Waals surface area contributed by atoms with E-state index in [1.165, 1.54) is 4.68 Å². The highest BCUT2D eigenvalue weighted by molar-refractivity contribution is 5.86. The number of carboxylic acid groups (broad SMARTS) is 1. The number of aliphatic hydroxyl groups excluding tert-OH is 2. The maximum atomic E-state index is 10.9. The van der Waals surface area contributed by atoms with Crippen molar-refractivity contribution in [3.8, 4) is 0 Å². The monoisotopic (exact) mass is 243 g/mol. The zero-order chi connectivity index (χ0) is 12.8. The summed E-state index contributed by atoms with van der Waals surface area (Å²) in [5.74, 6) is -1.12. The number of nitrogens with zero attached hydrogens (tertiary/aromatic N) is 3. The molecule has 0 saturated carbocycles. The van der Waals surface area contributed by atoms with Gasteiger partial charge in [-0.3, -0.25) is 0 Å². The van der Waals surface area contributed by atoms with Gasteiger partial charge in [-0.05, 0) is 12.8 Å². The highest BCUT2D eigenvalue weighted by Gasteiger charge is 2.19. The van der Waals surface area contributed by atoms with Crippen LogP contribution < -0.4 is 0 Å². The quantitative estimate of drug-likeness (QED) is 0.605. The predicted molar refractivity (Wildman–Crippen MR) is 58.7 cm³/mol. The number of aliphatic hydroxyl groups is 2. The van der Waals surface area contributed by atoms with Gasteiger partial charge in [-0.1, -0.05) is 18.6 Å². The van der Waals surface area contributed by atoms with Crippen LogP contribution in [0, 0.1) is 0 Å². The molecule has 1 heterocycles. The minimum absolute atomic E-state index is 0.0514. The fourth-order valence-corrected chi connectivity index (χ4v) is 1.49. The molecule has 96 valence electrons. The Morgan fingerprint density at radius 1 is 1.53 bits per heavy atom. The molecule has 0 aliphatic carbocycles. The molecule has 3 N–H and O–H groups in total. The Morgan fingerprint density at radius 2 is 2.24 bits per heavy atom. The maximum absolute atomic E-state index is 10.9. The number of hydrogen-bond acceptors (Lipinski definition) is 5. The van der Waals surface area contributed by atoms with Crippen LogP contribution in [0.5, 0.6) is 0 Å². The maximum Gasteiger partial charge on any atom is 0.358 e. The fourth-order valence-electron chi connectivity index (χ4n) is 1.49. The average molecular weight is 243 g/mol. The molecule has 0 radical (unpaired) electrons. The first-order valence-electron chi connectivity index (χ1n) is 5.54. The molecule has 0 saturated heterocycles. The van der Waals surface area contributed by atoms with Gasteiger partial charge in [-0.2, -0.15) is 0 Å². The van der Waals surface area contributed by atoms with E-state index in [2.05, 4.69) is 10.3 Å². The van der Waals surface area contributed by atoms with E-state index >= 15 is 0 Å². The van der Waals surface area contributed by atoms with Crippen molar-refractivity contribution in [1.29, 1.82) is 0 Å². The molecule has 0 spiro atoms. The molecule has 1 aromatic heterocycles. The van der Waals surface area contributed by atoms with Gasteiger partial charge in [-0.15, -0.1) is 5.10 Å². The standard InChI is InChI=1S/C10H17N3O4/c1-2-3-4-8-9(10(16)17)11-12-13(8)5-7(15)6-14/h7,14-15H,2-6H2,1H3,(H,16,17). The van der Waals surface area contributed by atoms with Gasteiger partial charge in [-0.25, -0.2) is 9.48 Å². The summed E-state index contributed by atoms with van der Waals surface area (Å²) in [5, 5.41) is 34.3. The van der Waals surface area contributed by atoms with Gasteiger partial charge in [0, 0.05) is 0 Å². The van der Waals surface area contributed by atoms with E-state index < -0.39 is 18.7 Å². The van der Waals surface area contributed by atoms with Crippen molar-refractivity contribution >= 4 is 5.97 Å². The van der Waals surface area contributed by atoms with Crippen molar-refractivity contribution in [3.63, 3.8) is 0 Å². The van der Waals surface area contributed by atoms with Crippen LogP contribution in [0.3, 0.4) is 0 Å². The first-order chi connectivity index (χ1) is 8.10. The van der Waals surface area contributed by atoms with Crippen molar-refractivity contribution in [3.05, 3.63) is 11.4 Å². The third-order valence-electron chi connectivity index (χ3n) is 2.40. The van der Waals surface area contributed by atoms with Gasteiger partial charge in [0.1, 0.15) is 0 Å². The minimum Gasteiger partial charge on any atom is -0.476 e. The summed E-state index contributed by atoms with van der Waals surface area (Å²) in [4.78, 5) is 10.9. The largest absolute Gasteiger partial charge is 0.476 e. The lowest BCUT2D eigenvalue weighted by atomic mass is 10.1. The molecule has 7 nitrogen and oxygen atoms in total. The summed E-state index contributed by atoms with van der Waals surface area (Å²) < 4.78 is 1.35. The van der Waals surface area contributed by atoms with Crippen LogP contribution in [0.4, 0.5) is 0 Å². The van der Waals surface area contributed by atoms with Crippen molar-refractivity contribution in [1.82, 2.24) is 15.0 Å². The van der Waals surface area contributed by atoms with Crippen LogP contribution >= 0.6 is 0 Å². The van der Waals surface area contributed by atoms with Crippen LogP contribution in [0.25, 0.3) is 0 Å². The Morgan fingerprint density at radius 3 is 2.76 bits per heavy atom. The smallest absolute Gasteiger partial charge is 0.358 e. The molecule has 0 aliphatic heterocycles. The molecule has 0 amide bonds. The van der Waals surface area contributed by atoms with E-state index in [1.54, 1.807) is 0 Å². The van der Waals surface area contributed by atoms with Crippen LogP contribution in [0.1, 0.15) is 35.9 Å². The second-order valence-electron chi connectivity index (χ2n) is 3.81. The van der Waals surface area contributed by atoms with E-state index in [0.29, 0.717) is 12.1 Å². The highest BCUT2D eigenvalue weighted by Crippen LogP contribution is 2.10. The van der Waals surface area contributed by atoms with E-state index in [0.717, 1.165) is 12.8 Å². The summed E-state index contributed by atoms with van der Waals surface area (Å²) >= 11 is 0. The fraction of sp³-hybridized carbons (Fsp3) is 0.700. The second-order valence-corrected chi connectivity index (χ2v) is 3.81. The van der Waals surface area contributed by atoms with Gasteiger partial charge < -0.3 is 15.3 Å². The zero-order valence-electron chi connectivity index (χ0n) is 9.70. The van der Waals surface area contributed by atoms with Crippen molar-refractivity contribution in [2.24, 2.45) is 0 Å². The summed E-state index contributed by atoms with van der Waals surface area (Å²) in [5.41, 5.74) is 0.412. The minimum atomic E-state index is -1.12. The normalized spacial score (nSPS) is 12.6. The third kappa shape index (κ3) is 3.50. The lowest BCUT2D eigenvalue weighted by molar-refractivity contribution is 0.0687. The van der Waals surface area contributed by atoms with Gasteiger partial charge >= 0.3 is 5.97 Å². The summed E-state index contributed by atoms with van der Waals surface area (Å²) in [6.45, 7) is 1.66. The molecule has 0 bridgehead atoms. The molecule has 0 fully saturated rings. The molecule has 0 aliphatic rings. The summed E-state index contributed by atoms with van der Waals surface area (Å²) in [6.07, 6.45) is 1.33. The first kappa shape index (κ1) is 13.6. The SMILES string of the molecule is CCCCc1c(C(=O)O)nnn1CC(O)CO. The first-order valence-corrected chi connectivity index (χ1v) is 5.54. The Bertz CT molecular complexity index is 378. The molecule has 17 heavy (non-hydrogen) atoms. The Balaban J connectivity index is 2.91. The number of carbonyl (C=O) groups is 1. The second kappa shape index (κ2) is 6.31. The molecular formula is C10H17N3O4. The molecule has 1 aromatic rings. The third-order valence-corrected chi connectivity index (χ3v) is 2.40. The van der Waals surface area contributed by atoms with Gasteiger partial charge in [0.05, 0.1) is 24.9 Å². The molecule has 0 aromatic carbocycles. The highest BCUT2D eigenvalue weighted by atomic mass is 16.4. The van der Waals surface area contributed by atoms with E-state index in [-0.39, 0.29) is 12.2 Å². The Kier molecular flexibility index (Phi) is 5.05. The van der Waals surface area contributed by atoms with E-state index in [9.17, 15) is 9.90 Å². The van der Waals surface area contributed by atoms with Gasteiger partial charge in [0.25, 0.3) is 0 Å². The number of rotatable bonds is 7. The average Bonchev–Trinajstić information content (AvgIpc) is 2.69. The van der Waals surface area contributed by atoms with Crippen LogP contribution in [0.15, 0.2) is 0 Å². The topological polar surface area (TPSA) is 108 Å². The van der Waals surface area contributed by atoms with E-state index in [4.69, 9.17) is 10.2 Å². The van der Waals surface area contributed by atoms with Crippen LogP contribution in [-0.2, 0) is 13.0 Å². The number of aromatic nitrogens is 3. The molecule has 1 unspecified atom stereocenters. The lowest BCUT2D eigenvalue weighted by Crippen LogP contribution is -2.22. The number of aromatic carboxylic acids is 1. The Labute approximate surface area is 98.7 Å². The predicted octanol–water partition coefficient (Wildman–Crippen LogP) is -0.328. The molecular weight excluding hydrogens is 226 g/mol. The van der Waals surface area contributed by atoms with Crippen molar-refractivity contribution in [2.75, 3.05) is 6.61 Å². The molecule has 1 atom stereocenters.